The summed E-state index contributed by atoms with van der Waals surface area (Å²) in [6, 6.07) is 9.23. The first-order valence-corrected chi connectivity index (χ1v) is 5.49. The molecule has 0 unspecified atom stereocenters. The lowest BCUT2D eigenvalue weighted by molar-refractivity contribution is -0.129. The molecule has 3 nitrogen and oxygen atoms in total. The van der Waals surface area contributed by atoms with E-state index in [0.717, 1.165) is 22.6 Å². The van der Waals surface area contributed by atoms with Crippen LogP contribution >= 0.6 is 11.6 Å². The fourth-order valence-corrected chi connectivity index (χ4v) is 1.67. The number of furan rings is 1. The predicted molar refractivity (Wildman–Crippen MR) is 64.7 cm³/mol. The third kappa shape index (κ3) is 2.68. The van der Waals surface area contributed by atoms with Crippen molar-refractivity contribution < 1.29 is 13.9 Å². The van der Waals surface area contributed by atoms with Gasteiger partial charge in [-0.1, -0.05) is 11.6 Å². The smallest absolute Gasteiger partial charge is 0.293 e. The first-order chi connectivity index (χ1) is 8.20. The second-order valence-corrected chi connectivity index (χ2v) is 4.04. The number of benzene rings is 1. The van der Waals surface area contributed by atoms with Crippen molar-refractivity contribution in [3.63, 3.8) is 0 Å². The molecule has 0 radical (unpaired) electrons. The molecule has 0 aliphatic carbocycles. The molecule has 2 aromatic rings. The quantitative estimate of drug-likeness (QED) is 0.779. The number of ether oxygens (including phenoxy) is 1. The molecule has 0 aliphatic rings. The standard InChI is InChI=1S/C13H11ClO3/c1-9-11(7-16-8-15)6-13(17-9)10-2-4-12(14)5-3-10/h2-6,8H,7H2,1H3. The van der Waals surface area contributed by atoms with Crippen LogP contribution in [0.4, 0.5) is 0 Å². The zero-order valence-corrected chi connectivity index (χ0v) is 10.0. The molecule has 0 aliphatic heterocycles. The van der Waals surface area contributed by atoms with Crippen molar-refractivity contribution in [2.75, 3.05) is 0 Å². The van der Waals surface area contributed by atoms with Crippen molar-refractivity contribution in [3.8, 4) is 11.3 Å². The molecule has 4 heteroatoms. The number of carbonyl (C=O) groups excluding carboxylic acids is 1. The Labute approximate surface area is 104 Å². The highest BCUT2D eigenvalue weighted by atomic mass is 35.5. The molecule has 0 atom stereocenters. The lowest BCUT2D eigenvalue weighted by atomic mass is 10.1. The Bertz CT molecular complexity index is 514. The van der Waals surface area contributed by atoms with Crippen LogP contribution in [0, 0.1) is 6.92 Å². The molecule has 2 rings (SSSR count). The maximum absolute atomic E-state index is 10.1. The summed E-state index contributed by atoms with van der Waals surface area (Å²) in [4.78, 5) is 10.1. The first-order valence-electron chi connectivity index (χ1n) is 5.11. The lowest BCUT2D eigenvalue weighted by Crippen LogP contribution is -1.89. The highest BCUT2D eigenvalue weighted by molar-refractivity contribution is 6.30. The summed E-state index contributed by atoms with van der Waals surface area (Å²) >= 11 is 5.81. The van der Waals surface area contributed by atoms with E-state index in [1.165, 1.54) is 0 Å². The first kappa shape index (κ1) is 11.7. The van der Waals surface area contributed by atoms with E-state index in [0.29, 0.717) is 11.5 Å². The summed E-state index contributed by atoms with van der Waals surface area (Å²) in [5.41, 5.74) is 1.80. The molecule has 0 spiro atoms. The fourth-order valence-electron chi connectivity index (χ4n) is 1.54. The van der Waals surface area contributed by atoms with Gasteiger partial charge in [-0.25, -0.2) is 0 Å². The van der Waals surface area contributed by atoms with Crippen molar-refractivity contribution >= 4 is 18.1 Å². The van der Waals surface area contributed by atoms with Gasteiger partial charge in [0.25, 0.3) is 6.47 Å². The van der Waals surface area contributed by atoms with Crippen molar-refractivity contribution in [1.29, 1.82) is 0 Å². The molecule has 88 valence electrons. The maximum Gasteiger partial charge on any atom is 0.293 e. The predicted octanol–water partition coefficient (Wildman–Crippen LogP) is 3.58. The number of halogens is 1. The highest BCUT2D eigenvalue weighted by Gasteiger charge is 2.09. The van der Waals surface area contributed by atoms with E-state index in [1.54, 1.807) is 12.1 Å². The third-order valence-corrected chi connectivity index (χ3v) is 2.71. The zero-order valence-electron chi connectivity index (χ0n) is 9.27. The molecule has 0 fully saturated rings. The van der Waals surface area contributed by atoms with Gasteiger partial charge >= 0.3 is 0 Å². The largest absolute Gasteiger partial charge is 0.463 e. The van der Waals surface area contributed by atoms with Crippen molar-refractivity contribution in [1.82, 2.24) is 0 Å². The second kappa shape index (κ2) is 5.06. The van der Waals surface area contributed by atoms with Crippen LogP contribution in [0.3, 0.4) is 0 Å². The van der Waals surface area contributed by atoms with E-state index in [-0.39, 0.29) is 6.61 Å². The minimum absolute atomic E-state index is 0.229. The van der Waals surface area contributed by atoms with Crippen LogP contribution in [0.1, 0.15) is 11.3 Å². The van der Waals surface area contributed by atoms with Gasteiger partial charge < -0.3 is 9.15 Å². The van der Waals surface area contributed by atoms with Gasteiger partial charge in [-0.15, -0.1) is 0 Å². The number of hydrogen-bond donors (Lipinski definition) is 0. The monoisotopic (exact) mass is 250 g/mol. The SMILES string of the molecule is Cc1oc(-c2ccc(Cl)cc2)cc1COC=O. The number of aryl methyl sites for hydroxylation is 1. The average Bonchev–Trinajstić information content (AvgIpc) is 2.69. The number of carbonyl (C=O) groups is 1. The third-order valence-electron chi connectivity index (χ3n) is 2.46. The number of hydrogen-bond acceptors (Lipinski definition) is 3. The lowest BCUT2D eigenvalue weighted by Gasteiger charge is -1.95. The Morgan fingerprint density at radius 3 is 2.71 bits per heavy atom. The Hall–Kier alpha value is -1.74. The second-order valence-electron chi connectivity index (χ2n) is 3.61. The van der Waals surface area contributed by atoms with E-state index >= 15 is 0 Å². The van der Waals surface area contributed by atoms with E-state index in [4.69, 9.17) is 20.8 Å². The van der Waals surface area contributed by atoms with E-state index in [9.17, 15) is 4.79 Å². The van der Waals surface area contributed by atoms with Crippen LogP contribution in [-0.4, -0.2) is 6.47 Å². The molecule has 0 saturated heterocycles. The van der Waals surface area contributed by atoms with Crippen molar-refractivity contribution in [3.05, 3.63) is 46.7 Å². The Kier molecular flexibility index (Phi) is 3.49. The summed E-state index contributed by atoms with van der Waals surface area (Å²) in [6.45, 7) is 2.49. The van der Waals surface area contributed by atoms with Gasteiger partial charge in [0.1, 0.15) is 18.1 Å². The highest BCUT2D eigenvalue weighted by Crippen LogP contribution is 2.26. The molecule has 1 aromatic heterocycles. The minimum atomic E-state index is 0.229. The van der Waals surface area contributed by atoms with Crippen LogP contribution in [0.15, 0.2) is 34.7 Å². The van der Waals surface area contributed by atoms with E-state index < -0.39 is 0 Å². The van der Waals surface area contributed by atoms with Crippen molar-refractivity contribution in [2.45, 2.75) is 13.5 Å². The van der Waals surface area contributed by atoms with Crippen LogP contribution in [0.2, 0.25) is 5.02 Å². The normalized spacial score (nSPS) is 10.2. The molecule has 0 bridgehead atoms. The summed E-state index contributed by atoms with van der Waals surface area (Å²) in [7, 11) is 0. The zero-order chi connectivity index (χ0) is 12.3. The summed E-state index contributed by atoms with van der Waals surface area (Å²) in [6.07, 6.45) is 0. The Morgan fingerprint density at radius 1 is 1.35 bits per heavy atom. The molecule has 17 heavy (non-hydrogen) atoms. The van der Waals surface area contributed by atoms with Crippen LogP contribution in [0.25, 0.3) is 11.3 Å². The van der Waals surface area contributed by atoms with Gasteiger partial charge in [-0.05, 0) is 37.3 Å². The maximum atomic E-state index is 10.1. The molecular formula is C13H11ClO3. The summed E-state index contributed by atoms with van der Waals surface area (Å²) < 4.78 is 10.3. The van der Waals surface area contributed by atoms with Crippen molar-refractivity contribution in [2.24, 2.45) is 0 Å². The summed E-state index contributed by atoms with van der Waals surface area (Å²) in [5, 5.41) is 0.682. The fraction of sp³-hybridized carbons (Fsp3) is 0.154. The van der Waals surface area contributed by atoms with Gasteiger partial charge in [0, 0.05) is 16.1 Å². The average molecular weight is 251 g/mol. The van der Waals surface area contributed by atoms with Gasteiger partial charge in [0.2, 0.25) is 0 Å². The molecule has 0 N–H and O–H groups in total. The molecule has 0 saturated carbocycles. The Morgan fingerprint density at radius 2 is 2.06 bits per heavy atom. The van der Waals surface area contributed by atoms with Crippen LogP contribution in [0.5, 0.6) is 0 Å². The topological polar surface area (TPSA) is 39.4 Å². The van der Waals surface area contributed by atoms with Crippen LogP contribution in [-0.2, 0) is 16.1 Å². The molecule has 0 amide bonds. The van der Waals surface area contributed by atoms with Gasteiger partial charge in [-0.2, -0.15) is 0 Å². The van der Waals surface area contributed by atoms with Crippen LogP contribution < -0.4 is 0 Å². The Balaban J connectivity index is 2.27. The van der Waals surface area contributed by atoms with Gasteiger partial charge in [-0.3, -0.25) is 4.79 Å². The molecule has 1 aromatic carbocycles. The van der Waals surface area contributed by atoms with Gasteiger partial charge in [0.15, 0.2) is 0 Å². The molecular weight excluding hydrogens is 240 g/mol. The van der Waals surface area contributed by atoms with E-state index in [2.05, 4.69) is 0 Å². The van der Waals surface area contributed by atoms with Gasteiger partial charge in [0.05, 0.1) is 0 Å². The van der Waals surface area contributed by atoms with E-state index in [1.807, 2.05) is 25.1 Å². The minimum Gasteiger partial charge on any atom is -0.463 e. The number of rotatable bonds is 4. The summed E-state index contributed by atoms with van der Waals surface area (Å²) in [5.74, 6) is 1.49. The molecule has 1 heterocycles.